The fraction of sp³-hybridized carbons (Fsp3) is 0.400. The summed E-state index contributed by atoms with van der Waals surface area (Å²) < 4.78 is 10.7. The molecule has 0 bridgehead atoms. The van der Waals surface area contributed by atoms with Gasteiger partial charge in [0, 0.05) is 11.1 Å². The van der Waals surface area contributed by atoms with Gasteiger partial charge >= 0.3 is 11.9 Å². The quantitative estimate of drug-likeness (QED) is 0.524. The van der Waals surface area contributed by atoms with Crippen molar-refractivity contribution in [2.45, 2.75) is 20.4 Å². The van der Waals surface area contributed by atoms with Crippen molar-refractivity contribution in [3.63, 3.8) is 0 Å². The third-order valence-corrected chi connectivity index (χ3v) is 4.41. The molecular weight excluding hydrogens is 354 g/mol. The Bertz CT molecular complexity index is 774. The molecule has 5 nitrogen and oxygen atoms in total. The fourth-order valence-electron chi connectivity index (χ4n) is 3.26. The molecule has 0 fully saturated rings. The van der Waals surface area contributed by atoms with E-state index in [0.717, 1.165) is 28.8 Å². The second-order valence-electron chi connectivity index (χ2n) is 7.12. The molecule has 1 heterocycles. The van der Waals surface area contributed by atoms with Gasteiger partial charge in [-0.15, -0.1) is 0 Å². The number of quaternary nitrogens is 1. The lowest BCUT2D eigenvalue weighted by Gasteiger charge is -2.35. The van der Waals surface area contributed by atoms with E-state index in [4.69, 9.17) is 9.47 Å². The van der Waals surface area contributed by atoms with Crippen molar-refractivity contribution < 1.29 is 36.0 Å². The molecule has 0 N–H and O–H groups in total. The molecule has 2 rings (SSSR count). The zero-order chi connectivity index (χ0) is 18.8. The Balaban J connectivity index is 0.00000338. The van der Waals surface area contributed by atoms with Crippen LogP contribution in [0.25, 0.3) is 5.57 Å². The summed E-state index contributed by atoms with van der Waals surface area (Å²) in [6.07, 6.45) is 0. The van der Waals surface area contributed by atoms with Gasteiger partial charge in [0.25, 0.3) is 0 Å². The van der Waals surface area contributed by atoms with E-state index in [1.807, 2.05) is 38.1 Å². The second-order valence-corrected chi connectivity index (χ2v) is 7.12. The first-order valence-electron chi connectivity index (χ1n) is 8.19. The number of hydrogen-bond acceptors (Lipinski definition) is 4. The van der Waals surface area contributed by atoms with Crippen molar-refractivity contribution in [2.24, 2.45) is 0 Å². The molecule has 0 atom stereocenters. The molecule has 6 heteroatoms. The Hall–Kier alpha value is -2.11. The van der Waals surface area contributed by atoms with Crippen LogP contribution in [0.15, 0.2) is 41.0 Å². The summed E-state index contributed by atoms with van der Waals surface area (Å²) >= 11 is 0. The SMILES string of the molecule is COC(=O)/C1=C(\C(=O)OC)c2ccccc2C[N+](C)(C)CC1=C(C)C.[Cl-]. The van der Waals surface area contributed by atoms with Crippen molar-refractivity contribution in [3.05, 3.63) is 52.1 Å². The van der Waals surface area contributed by atoms with Crippen molar-refractivity contribution in [1.29, 1.82) is 0 Å². The summed E-state index contributed by atoms with van der Waals surface area (Å²) in [5.74, 6) is -1.05. The van der Waals surface area contributed by atoms with E-state index in [1.165, 1.54) is 14.2 Å². The van der Waals surface area contributed by atoms with Crippen molar-refractivity contribution >= 4 is 17.5 Å². The summed E-state index contributed by atoms with van der Waals surface area (Å²) in [5.41, 5.74) is 4.11. The maximum atomic E-state index is 12.7. The van der Waals surface area contributed by atoms with Crippen LogP contribution in [-0.4, -0.2) is 51.3 Å². The van der Waals surface area contributed by atoms with E-state index >= 15 is 0 Å². The first-order chi connectivity index (χ1) is 11.7. The fourth-order valence-corrected chi connectivity index (χ4v) is 3.26. The van der Waals surface area contributed by atoms with Crippen LogP contribution < -0.4 is 12.4 Å². The van der Waals surface area contributed by atoms with Gasteiger partial charge in [-0.1, -0.05) is 29.8 Å². The van der Waals surface area contributed by atoms with E-state index in [-0.39, 0.29) is 18.0 Å². The summed E-state index contributed by atoms with van der Waals surface area (Å²) in [5, 5.41) is 0. The average molecular weight is 380 g/mol. The van der Waals surface area contributed by atoms with Crippen LogP contribution in [0.3, 0.4) is 0 Å². The molecule has 0 radical (unpaired) electrons. The summed E-state index contributed by atoms with van der Waals surface area (Å²) in [4.78, 5) is 25.3. The maximum Gasteiger partial charge on any atom is 0.339 e. The number of ether oxygens (including phenoxy) is 2. The maximum absolute atomic E-state index is 12.7. The van der Waals surface area contributed by atoms with E-state index in [2.05, 4.69) is 14.1 Å². The first kappa shape index (κ1) is 21.9. The number of carbonyl (C=O) groups excluding carboxylic acids is 2. The molecule has 0 amide bonds. The topological polar surface area (TPSA) is 52.6 Å². The zero-order valence-corrected chi connectivity index (χ0v) is 16.9. The van der Waals surface area contributed by atoms with E-state index in [9.17, 15) is 9.59 Å². The Labute approximate surface area is 161 Å². The molecule has 1 aliphatic heterocycles. The minimum atomic E-state index is -0.529. The molecule has 0 aromatic heterocycles. The molecular formula is C20H26ClNO4. The number of methoxy groups -OCH3 is 2. The highest BCUT2D eigenvalue weighted by Crippen LogP contribution is 2.34. The Kier molecular flexibility index (Phi) is 7.18. The van der Waals surface area contributed by atoms with Crippen LogP contribution in [0.2, 0.25) is 0 Å². The van der Waals surface area contributed by atoms with Crippen LogP contribution in [-0.2, 0) is 25.6 Å². The standard InChI is InChI=1S/C20H26NO4.ClH/c1-13(2)16-12-21(3,4)11-14-9-7-8-10-15(14)17(19(22)24-5)18(16)20(23)25-6;/h7-10H,11-12H2,1-6H3;1H/q+1;/p-1/b18-17-;. The lowest BCUT2D eigenvalue weighted by molar-refractivity contribution is -0.898. The van der Waals surface area contributed by atoms with Gasteiger partial charge in [0.1, 0.15) is 13.1 Å². The van der Waals surface area contributed by atoms with Crippen molar-refractivity contribution in [3.8, 4) is 0 Å². The molecule has 0 saturated heterocycles. The Morgan fingerprint density at radius 3 is 2.00 bits per heavy atom. The number of halogens is 1. The number of carbonyl (C=O) groups is 2. The van der Waals surface area contributed by atoms with Gasteiger partial charge in [-0.2, -0.15) is 0 Å². The van der Waals surface area contributed by atoms with Crippen molar-refractivity contribution in [2.75, 3.05) is 34.9 Å². The summed E-state index contributed by atoms with van der Waals surface area (Å²) in [7, 11) is 6.88. The van der Waals surface area contributed by atoms with E-state index < -0.39 is 11.9 Å². The monoisotopic (exact) mass is 379 g/mol. The number of hydrogen-bond donors (Lipinski definition) is 0. The number of rotatable bonds is 2. The Morgan fingerprint density at radius 2 is 1.46 bits per heavy atom. The summed E-state index contributed by atoms with van der Waals surface area (Å²) in [6.45, 7) is 5.24. The molecule has 142 valence electrons. The average Bonchev–Trinajstić information content (AvgIpc) is 2.55. The highest BCUT2D eigenvalue weighted by atomic mass is 35.5. The molecule has 0 aliphatic carbocycles. The normalized spacial score (nSPS) is 18.6. The largest absolute Gasteiger partial charge is 1.00 e. The predicted octanol–water partition coefficient (Wildman–Crippen LogP) is -0.283. The van der Waals surface area contributed by atoms with Gasteiger partial charge in [0.05, 0.1) is 39.5 Å². The van der Waals surface area contributed by atoms with Crippen LogP contribution >= 0.6 is 0 Å². The molecule has 26 heavy (non-hydrogen) atoms. The minimum absolute atomic E-state index is 0. The molecule has 0 unspecified atom stereocenters. The smallest absolute Gasteiger partial charge is 0.339 e. The van der Waals surface area contributed by atoms with E-state index in [1.54, 1.807) is 0 Å². The second kappa shape index (κ2) is 8.52. The van der Waals surface area contributed by atoms with Gasteiger partial charge in [-0.25, -0.2) is 9.59 Å². The van der Waals surface area contributed by atoms with Gasteiger partial charge in [0.15, 0.2) is 0 Å². The van der Waals surface area contributed by atoms with Crippen LogP contribution in [0.4, 0.5) is 0 Å². The molecule has 1 aliphatic rings. The molecule has 0 saturated carbocycles. The lowest BCUT2D eigenvalue weighted by Crippen LogP contribution is -3.00. The van der Waals surface area contributed by atoms with E-state index in [0.29, 0.717) is 16.6 Å². The number of nitrogens with zero attached hydrogens (tertiary/aromatic N) is 1. The van der Waals surface area contributed by atoms with Crippen LogP contribution in [0, 0.1) is 0 Å². The Morgan fingerprint density at radius 1 is 0.923 bits per heavy atom. The number of benzene rings is 1. The minimum Gasteiger partial charge on any atom is -1.00 e. The van der Waals surface area contributed by atoms with Gasteiger partial charge in [-0.05, 0) is 19.4 Å². The van der Waals surface area contributed by atoms with Gasteiger partial charge < -0.3 is 26.4 Å². The van der Waals surface area contributed by atoms with Crippen molar-refractivity contribution in [1.82, 2.24) is 0 Å². The number of allylic oxidation sites excluding steroid dienone is 1. The summed E-state index contributed by atoms with van der Waals surface area (Å²) in [6, 6.07) is 7.65. The highest BCUT2D eigenvalue weighted by Gasteiger charge is 2.35. The number of fused-ring (bicyclic) bond motifs is 1. The molecule has 1 aromatic carbocycles. The number of esters is 2. The van der Waals surface area contributed by atoms with Crippen LogP contribution in [0.5, 0.6) is 0 Å². The third kappa shape index (κ3) is 4.34. The zero-order valence-electron chi connectivity index (χ0n) is 16.2. The number of likely N-dealkylation sites (N-methyl/N-ethyl adjacent to an activating group) is 1. The third-order valence-electron chi connectivity index (χ3n) is 4.41. The van der Waals surface area contributed by atoms with Crippen LogP contribution in [0.1, 0.15) is 25.0 Å². The highest BCUT2D eigenvalue weighted by molar-refractivity contribution is 6.24. The van der Waals surface area contributed by atoms with Gasteiger partial charge in [-0.3, -0.25) is 0 Å². The first-order valence-corrected chi connectivity index (χ1v) is 8.19. The lowest BCUT2D eigenvalue weighted by atomic mass is 9.87. The van der Waals surface area contributed by atoms with Gasteiger partial charge in [0.2, 0.25) is 0 Å². The molecule has 1 aromatic rings. The predicted molar refractivity (Wildman–Crippen MR) is 96.4 cm³/mol. The molecule has 0 spiro atoms.